The minimum atomic E-state index is -0.666. The first-order chi connectivity index (χ1) is 8.70. The van der Waals surface area contributed by atoms with Gasteiger partial charge in [0.25, 0.3) is 0 Å². The van der Waals surface area contributed by atoms with Crippen LogP contribution in [-0.4, -0.2) is 38.8 Å². The molecule has 2 heterocycles. The molecule has 0 unspecified atom stereocenters. The Kier molecular flexibility index (Phi) is 2.70. The van der Waals surface area contributed by atoms with E-state index in [0.717, 1.165) is 10.9 Å². The van der Waals surface area contributed by atoms with Crippen LogP contribution in [0.5, 0.6) is 0 Å². The maximum Gasteiger partial charge on any atom is 0.154 e. The summed E-state index contributed by atoms with van der Waals surface area (Å²) in [5, 5.41) is 23.9. The Morgan fingerprint density at radius 1 is 1.50 bits per heavy atom. The summed E-state index contributed by atoms with van der Waals surface area (Å²) in [5.41, 5.74) is 7.39. The molecule has 0 saturated carbocycles. The van der Waals surface area contributed by atoms with Crippen molar-refractivity contribution in [3.63, 3.8) is 0 Å². The van der Waals surface area contributed by atoms with Gasteiger partial charge >= 0.3 is 0 Å². The lowest BCUT2D eigenvalue weighted by Crippen LogP contribution is -2.24. The van der Waals surface area contributed by atoms with E-state index in [2.05, 4.69) is 5.10 Å². The van der Waals surface area contributed by atoms with E-state index in [1.165, 1.54) is 0 Å². The monoisotopic (exact) mass is 249 g/mol. The quantitative estimate of drug-likeness (QED) is 0.664. The van der Waals surface area contributed by atoms with Crippen LogP contribution in [0.3, 0.4) is 0 Å². The van der Waals surface area contributed by atoms with Gasteiger partial charge in [0, 0.05) is 17.5 Å². The number of benzene rings is 1. The Bertz CT molecular complexity index is 569. The fourth-order valence-electron chi connectivity index (χ4n) is 2.35. The lowest BCUT2D eigenvalue weighted by molar-refractivity contribution is -0.0468. The Hall–Kier alpha value is -1.63. The number of nitrogen functional groups attached to an aromatic ring is 1. The highest BCUT2D eigenvalue weighted by atomic mass is 16.5. The Morgan fingerprint density at radius 3 is 3.06 bits per heavy atom. The fraction of sp³-hybridized carbons (Fsp3) is 0.417. The average molecular weight is 249 g/mol. The molecule has 0 spiro atoms. The fourth-order valence-corrected chi connectivity index (χ4v) is 2.35. The van der Waals surface area contributed by atoms with Crippen LogP contribution in [-0.2, 0) is 4.74 Å². The molecule has 96 valence electrons. The molecule has 1 saturated heterocycles. The van der Waals surface area contributed by atoms with Gasteiger partial charge in [-0.2, -0.15) is 5.10 Å². The molecule has 1 aromatic heterocycles. The Balaban J connectivity index is 1.99. The van der Waals surface area contributed by atoms with Gasteiger partial charge in [0.05, 0.1) is 24.4 Å². The third-order valence-corrected chi connectivity index (χ3v) is 3.33. The molecule has 4 N–H and O–H groups in total. The number of ether oxygens (including phenoxy) is 1. The summed E-state index contributed by atoms with van der Waals surface area (Å²) in [6.07, 6.45) is 0.524. The molecule has 0 bridgehead atoms. The van der Waals surface area contributed by atoms with Crippen molar-refractivity contribution in [3.05, 3.63) is 24.4 Å². The summed E-state index contributed by atoms with van der Waals surface area (Å²) in [5.74, 6) is 0. The summed E-state index contributed by atoms with van der Waals surface area (Å²) < 4.78 is 7.27. The zero-order chi connectivity index (χ0) is 12.7. The van der Waals surface area contributed by atoms with Crippen molar-refractivity contribution in [1.29, 1.82) is 0 Å². The summed E-state index contributed by atoms with van der Waals surface area (Å²) >= 11 is 0. The number of aliphatic hydroxyl groups is 2. The zero-order valence-electron chi connectivity index (χ0n) is 9.73. The second-order valence-electron chi connectivity index (χ2n) is 4.48. The highest BCUT2D eigenvalue weighted by Gasteiger charge is 2.35. The molecule has 1 aliphatic rings. The molecule has 0 aliphatic carbocycles. The molecule has 6 heteroatoms. The number of hydrogen-bond acceptors (Lipinski definition) is 5. The molecular formula is C12H15N3O3. The molecule has 6 nitrogen and oxygen atoms in total. The van der Waals surface area contributed by atoms with Gasteiger partial charge in [0.15, 0.2) is 6.23 Å². The van der Waals surface area contributed by atoms with Crippen molar-refractivity contribution < 1.29 is 14.9 Å². The number of nitrogens with zero attached hydrogens (tertiary/aromatic N) is 2. The van der Waals surface area contributed by atoms with E-state index in [1.54, 1.807) is 10.9 Å². The molecule has 0 amide bonds. The number of aliphatic hydroxyl groups excluding tert-OH is 2. The summed E-state index contributed by atoms with van der Waals surface area (Å²) in [6.45, 7) is -0.195. The Morgan fingerprint density at radius 2 is 2.33 bits per heavy atom. The van der Waals surface area contributed by atoms with E-state index in [0.29, 0.717) is 12.1 Å². The van der Waals surface area contributed by atoms with Gasteiger partial charge < -0.3 is 20.7 Å². The largest absolute Gasteiger partial charge is 0.398 e. The third kappa shape index (κ3) is 1.66. The van der Waals surface area contributed by atoms with E-state index in [9.17, 15) is 5.11 Å². The van der Waals surface area contributed by atoms with Gasteiger partial charge in [0.2, 0.25) is 0 Å². The number of aromatic nitrogens is 2. The standard InChI is InChI=1S/C12H15N3O3/c13-8-2-1-3-9-7(8)5-14-15(9)12-4-10(17)11(6-16)18-12/h1-3,5,10-12,16-17H,4,6,13H2/t10-,11+,12+/m0/s1. The van der Waals surface area contributed by atoms with Crippen molar-refractivity contribution >= 4 is 16.6 Å². The molecular weight excluding hydrogens is 234 g/mol. The first-order valence-electron chi connectivity index (χ1n) is 5.87. The topological polar surface area (TPSA) is 93.5 Å². The highest BCUT2D eigenvalue weighted by molar-refractivity contribution is 5.90. The maximum absolute atomic E-state index is 9.73. The number of fused-ring (bicyclic) bond motifs is 1. The van der Waals surface area contributed by atoms with Crippen LogP contribution in [0.2, 0.25) is 0 Å². The first-order valence-corrected chi connectivity index (χ1v) is 5.87. The van der Waals surface area contributed by atoms with Crippen molar-refractivity contribution in [2.45, 2.75) is 24.9 Å². The van der Waals surface area contributed by atoms with Crippen LogP contribution in [0.25, 0.3) is 10.9 Å². The van der Waals surface area contributed by atoms with E-state index in [-0.39, 0.29) is 12.8 Å². The SMILES string of the molecule is Nc1cccc2c1cnn2[C@H]1C[C@H](O)[C@@H](CO)O1. The minimum Gasteiger partial charge on any atom is -0.398 e. The first kappa shape index (κ1) is 11.5. The van der Waals surface area contributed by atoms with Crippen LogP contribution in [0.1, 0.15) is 12.6 Å². The maximum atomic E-state index is 9.73. The van der Waals surface area contributed by atoms with Gasteiger partial charge in [-0.3, -0.25) is 0 Å². The zero-order valence-corrected chi connectivity index (χ0v) is 9.73. The molecule has 0 radical (unpaired) electrons. The average Bonchev–Trinajstić information content (AvgIpc) is 2.93. The molecule has 1 fully saturated rings. The van der Waals surface area contributed by atoms with Crippen LogP contribution in [0, 0.1) is 0 Å². The van der Waals surface area contributed by atoms with Crippen molar-refractivity contribution in [2.75, 3.05) is 12.3 Å². The summed E-state index contributed by atoms with van der Waals surface area (Å²) in [7, 11) is 0. The van der Waals surface area contributed by atoms with Gasteiger partial charge in [-0.15, -0.1) is 0 Å². The number of rotatable bonds is 2. The molecule has 1 aliphatic heterocycles. The molecule has 2 aromatic rings. The van der Waals surface area contributed by atoms with Crippen LogP contribution in [0.15, 0.2) is 24.4 Å². The lowest BCUT2D eigenvalue weighted by Gasteiger charge is -2.13. The van der Waals surface area contributed by atoms with Crippen LogP contribution in [0.4, 0.5) is 5.69 Å². The summed E-state index contributed by atoms with van der Waals surface area (Å²) in [6, 6.07) is 5.57. The smallest absolute Gasteiger partial charge is 0.154 e. The lowest BCUT2D eigenvalue weighted by atomic mass is 10.2. The van der Waals surface area contributed by atoms with Crippen molar-refractivity contribution in [3.8, 4) is 0 Å². The van der Waals surface area contributed by atoms with E-state index in [1.807, 2.05) is 18.2 Å². The van der Waals surface area contributed by atoms with E-state index < -0.39 is 12.2 Å². The van der Waals surface area contributed by atoms with Crippen molar-refractivity contribution in [1.82, 2.24) is 9.78 Å². The minimum absolute atomic E-state index is 0.195. The second-order valence-corrected chi connectivity index (χ2v) is 4.48. The molecule has 18 heavy (non-hydrogen) atoms. The van der Waals surface area contributed by atoms with Gasteiger partial charge in [-0.25, -0.2) is 4.68 Å². The highest BCUT2D eigenvalue weighted by Crippen LogP contribution is 2.31. The van der Waals surface area contributed by atoms with Crippen LogP contribution >= 0.6 is 0 Å². The van der Waals surface area contributed by atoms with E-state index >= 15 is 0 Å². The molecule has 1 aromatic carbocycles. The normalized spacial score (nSPS) is 28.0. The van der Waals surface area contributed by atoms with E-state index in [4.69, 9.17) is 15.6 Å². The summed E-state index contributed by atoms with van der Waals surface area (Å²) in [4.78, 5) is 0. The van der Waals surface area contributed by atoms with Gasteiger partial charge in [-0.1, -0.05) is 6.07 Å². The van der Waals surface area contributed by atoms with Crippen LogP contribution < -0.4 is 5.73 Å². The Labute approximate surface area is 104 Å². The van der Waals surface area contributed by atoms with Gasteiger partial charge in [-0.05, 0) is 12.1 Å². The predicted molar refractivity (Wildman–Crippen MR) is 65.8 cm³/mol. The van der Waals surface area contributed by atoms with Gasteiger partial charge in [0.1, 0.15) is 6.10 Å². The molecule has 3 atom stereocenters. The molecule has 3 rings (SSSR count). The van der Waals surface area contributed by atoms with Crippen molar-refractivity contribution in [2.24, 2.45) is 0 Å². The second kappa shape index (κ2) is 4.24. The number of nitrogens with two attached hydrogens (primary N) is 1. The third-order valence-electron chi connectivity index (χ3n) is 3.33. The number of anilines is 1. The predicted octanol–water partition coefficient (Wildman–Crippen LogP) is 0.259. The number of hydrogen-bond donors (Lipinski definition) is 3.